The van der Waals surface area contributed by atoms with Crippen LogP contribution in [0.25, 0.3) is 0 Å². The third-order valence-corrected chi connectivity index (χ3v) is 9.31. The molecule has 2 fully saturated rings. The molecule has 2 aromatic rings. The first-order chi connectivity index (χ1) is 21.5. The molecule has 0 unspecified atom stereocenters. The molecule has 45 heavy (non-hydrogen) atoms. The monoisotopic (exact) mass is 612 g/mol. The standard InChI is InChI=1S/C36H44N4O5/c1-21(2)40-30-17-33(25(6)15-28(30)35(42)39-20-23(4)13-31(39)36(40)43)45-11-9-7-8-10-44-32-16-29-27(14-24(32)5)34(41)38-19-22(3)12-26(38)18-37-29/h14-18,21,26,31,36,43H,3-4,7-13,19-20H2,1-2,5-6H3/t26-,31-,36-/m0/s1. The summed E-state index contributed by atoms with van der Waals surface area (Å²) < 4.78 is 12.3. The SMILES string of the molecule is C=C1C[C@H]2C=Nc3cc(OCCCCCOc4cc5c(cc4C)C(=O)N4CC(=C)C[C@H]4[C@H](O)N5C(C)C)c(C)cc3C(=O)N2C1. The van der Waals surface area contributed by atoms with E-state index >= 15 is 0 Å². The number of rotatable bonds is 9. The number of fused-ring (bicyclic) bond motifs is 4. The summed E-state index contributed by atoms with van der Waals surface area (Å²) in [5.74, 6) is 1.40. The maximum Gasteiger partial charge on any atom is 0.256 e. The van der Waals surface area contributed by atoms with E-state index in [1.54, 1.807) is 4.90 Å². The van der Waals surface area contributed by atoms with Crippen molar-refractivity contribution in [2.24, 2.45) is 4.99 Å². The fraction of sp³-hybridized carbons (Fsp3) is 0.472. The maximum absolute atomic E-state index is 13.5. The van der Waals surface area contributed by atoms with Crippen LogP contribution in [-0.2, 0) is 0 Å². The number of carbonyl (C=O) groups is 2. The quantitative estimate of drug-likeness (QED) is 0.287. The van der Waals surface area contributed by atoms with Gasteiger partial charge < -0.3 is 29.3 Å². The van der Waals surface area contributed by atoms with Crippen LogP contribution >= 0.6 is 0 Å². The highest BCUT2D eigenvalue weighted by molar-refractivity contribution is 6.04. The summed E-state index contributed by atoms with van der Waals surface area (Å²) in [4.78, 5) is 36.9. The van der Waals surface area contributed by atoms with E-state index in [9.17, 15) is 14.7 Å². The molecule has 0 aromatic heterocycles. The normalized spacial score (nSPS) is 22.4. The van der Waals surface area contributed by atoms with Crippen LogP contribution in [0.5, 0.6) is 11.5 Å². The number of aliphatic hydroxyl groups excluding tert-OH is 1. The molecule has 0 aliphatic carbocycles. The minimum Gasteiger partial charge on any atom is -0.493 e. The van der Waals surface area contributed by atoms with E-state index in [0.717, 1.165) is 59.5 Å². The lowest BCUT2D eigenvalue weighted by molar-refractivity contribution is 0.0497. The lowest BCUT2D eigenvalue weighted by atomic mass is 10.0. The molecule has 3 atom stereocenters. The van der Waals surface area contributed by atoms with Gasteiger partial charge in [-0.25, -0.2) is 0 Å². The molecule has 9 heteroatoms. The second-order valence-electron chi connectivity index (χ2n) is 13.1. The topological polar surface area (TPSA) is 94.9 Å². The summed E-state index contributed by atoms with van der Waals surface area (Å²) in [6, 6.07) is 7.23. The Morgan fingerprint density at radius 2 is 1.47 bits per heavy atom. The van der Waals surface area contributed by atoms with Crippen LogP contribution in [0.4, 0.5) is 11.4 Å². The Morgan fingerprint density at radius 1 is 0.867 bits per heavy atom. The molecule has 0 bridgehead atoms. The molecule has 9 nitrogen and oxygen atoms in total. The Bertz CT molecular complexity index is 1580. The van der Waals surface area contributed by atoms with Crippen molar-refractivity contribution in [3.63, 3.8) is 0 Å². The minimum absolute atomic E-state index is 0.00293. The number of hydrogen-bond acceptors (Lipinski definition) is 7. The summed E-state index contributed by atoms with van der Waals surface area (Å²) in [5.41, 5.74) is 6.40. The van der Waals surface area contributed by atoms with Crippen molar-refractivity contribution in [2.45, 2.75) is 84.2 Å². The number of anilines is 1. The number of carbonyl (C=O) groups excluding carboxylic acids is 2. The predicted octanol–water partition coefficient (Wildman–Crippen LogP) is 5.74. The van der Waals surface area contributed by atoms with Gasteiger partial charge >= 0.3 is 0 Å². The summed E-state index contributed by atoms with van der Waals surface area (Å²) in [6.07, 6.45) is 5.01. The molecule has 4 aliphatic heterocycles. The summed E-state index contributed by atoms with van der Waals surface area (Å²) in [6.45, 7) is 18.2. The van der Waals surface area contributed by atoms with Gasteiger partial charge in [-0.2, -0.15) is 0 Å². The minimum atomic E-state index is -0.821. The highest BCUT2D eigenvalue weighted by atomic mass is 16.5. The summed E-state index contributed by atoms with van der Waals surface area (Å²) in [7, 11) is 0. The van der Waals surface area contributed by atoms with E-state index in [4.69, 9.17) is 9.47 Å². The number of nitrogens with zero attached hydrogens (tertiary/aromatic N) is 4. The van der Waals surface area contributed by atoms with Crippen molar-refractivity contribution >= 4 is 29.4 Å². The molecule has 4 aliphatic rings. The zero-order valence-electron chi connectivity index (χ0n) is 26.8. The van der Waals surface area contributed by atoms with Gasteiger partial charge in [0.2, 0.25) is 0 Å². The van der Waals surface area contributed by atoms with Gasteiger partial charge in [-0.05, 0) is 83.1 Å². The van der Waals surface area contributed by atoms with Gasteiger partial charge in [0.05, 0.1) is 47.8 Å². The number of aliphatic hydroxyl groups is 1. The van der Waals surface area contributed by atoms with E-state index in [-0.39, 0.29) is 29.9 Å². The molecule has 238 valence electrons. The smallest absolute Gasteiger partial charge is 0.256 e. The van der Waals surface area contributed by atoms with Gasteiger partial charge in [0.15, 0.2) is 0 Å². The van der Waals surface area contributed by atoms with E-state index < -0.39 is 6.23 Å². The number of benzene rings is 2. The van der Waals surface area contributed by atoms with Crippen LogP contribution in [0, 0.1) is 13.8 Å². The van der Waals surface area contributed by atoms with Crippen molar-refractivity contribution in [1.82, 2.24) is 9.80 Å². The van der Waals surface area contributed by atoms with E-state index in [1.807, 2.05) is 68.0 Å². The van der Waals surface area contributed by atoms with E-state index in [1.165, 1.54) is 0 Å². The Morgan fingerprint density at radius 3 is 2.16 bits per heavy atom. The van der Waals surface area contributed by atoms with Crippen LogP contribution in [0.1, 0.15) is 77.8 Å². The fourth-order valence-electron chi connectivity index (χ4n) is 6.96. The van der Waals surface area contributed by atoms with Gasteiger partial charge in [-0.1, -0.05) is 24.3 Å². The van der Waals surface area contributed by atoms with Crippen molar-refractivity contribution in [3.8, 4) is 11.5 Å². The lowest BCUT2D eigenvalue weighted by Gasteiger charge is -2.36. The molecule has 2 amide bonds. The third kappa shape index (κ3) is 5.86. The first kappa shape index (κ1) is 30.9. The van der Waals surface area contributed by atoms with Gasteiger partial charge in [-0.3, -0.25) is 14.6 Å². The predicted molar refractivity (Wildman–Crippen MR) is 176 cm³/mol. The van der Waals surface area contributed by atoms with E-state index in [0.29, 0.717) is 55.2 Å². The van der Waals surface area contributed by atoms with Crippen LogP contribution < -0.4 is 14.4 Å². The summed E-state index contributed by atoms with van der Waals surface area (Å²) >= 11 is 0. The third-order valence-electron chi connectivity index (χ3n) is 9.31. The number of aliphatic imine (C=N–C) groups is 1. The van der Waals surface area contributed by atoms with Crippen molar-refractivity contribution in [3.05, 3.63) is 70.8 Å². The van der Waals surface area contributed by atoms with Crippen molar-refractivity contribution in [1.29, 1.82) is 0 Å². The van der Waals surface area contributed by atoms with Gasteiger partial charge in [-0.15, -0.1) is 0 Å². The average Bonchev–Trinajstić information content (AvgIpc) is 3.53. The van der Waals surface area contributed by atoms with Crippen LogP contribution in [0.15, 0.2) is 53.6 Å². The van der Waals surface area contributed by atoms with Crippen LogP contribution in [-0.4, -0.2) is 83.6 Å². The Hall–Kier alpha value is -4.11. The van der Waals surface area contributed by atoms with Gasteiger partial charge in [0.1, 0.15) is 17.7 Å². The fourth-order valence-corrected chi connectivity index (χ4v) is 6.96. The molecule has 4 heterocycles. The van der Waals surface area contributed by atoms with Gasteiger partial charge in [0.25, 0.3) is 11.8 Å². The molecule has 2 saturated heterocycles. The maximum atomic E-state index is 13.5. The van der Waals surface area contributed by atoms with Gasteiger partial charge in [0, 0.05) is 37.5 Å². The number of amides is 2. The second kappa shape index (κ2) is 12.4. The molecular weight excluding hydrogens is 568 g/mol. The first-order valence-corrected chi connectivity index (χ1v) is 16.0. The molecule has 2 aromatic carbocycles. The highest BCUT2D eigenvalue weighted by Gasteiger charge is 2.44. The highest BCUT2D eigenvalue weighted by Crippen LogP contribution is 2.40. The molecule has 1 N–H and O–H groups in total. The Balaban J connectivity index is 1.04. The second-order valence-corrected chi connectivity index (χ2v) is 13.1. The van der Waals surface area contributed by atoms with Crippen molar-refractivity contribution in [2.75, 3.05) is 31.2 Å². The first-order valence-electron chi connectivity index (χ1n) is 16.0. The van der Waals surface area contributed by atoms with Crippen LogP contribution in [0.3, 0.4) is 0 Å². The number of aryl methyl sites for hydroxylation is 2. The summed E-state index contributed by atoms with van der Waals surface area (Å²) in [5, 5.41) is 11.4. The number of hydrogen-bond donors (Lipinski definition) is 1. The van der Waals surface area contributed by atoms with E-state index in [2.05, 4.69) is 18.2 Å². The molecule has 0 saturated carbocycles. The molecule has 6 rings (SSSR count). The Kier molecular flexibility index (Phi) is 8.48. The molecule has 0 spiro atoms. The van der Waals surface area contributed by atoms with Crippen LogP contribution in [0.2, 0.25) is 0 Å². The van der Waals surface area contributed by atoms with Crippen molar-refractivity contribution < 1.29 is 24.2 Å². The molecular formula is C36H44N4O5. The zero-order chi connectivity index (χ0) is 32.0. The number of unbranched alkanes of at least 4 members (excludes halogenated alkanes) is 2. The largest absolute Gasteiger partial charge is 0.493 e. The Labute approximate surface area is 265 Å². The molecule has 0 radical (unpaired) electrons. The lowest BCUT2D eigenvalue weighted by Crippen LogP contribution is -2.50. The zero-order valence-corrected chi connectivity index (χ0v) is 26.8. The number of ether oxygens (including phenoxy) is 2. The average molecular weight is 613 g/mol.